The molecule has 8 heteroatoms. The van der Waals surface area contributed by atoms with Gasteiger partial charge in [-0.3, -0.25) is 4.79 Å². The molecule has 1 amide bonds. The van der Waals surface area contributed by atoms with Crippen molar-refractivity contribution in [2.24, 2.45) is 0 Å². The lowest BCUT2D eigenvalue weighted by Gasteiger charge is -2.20. The summed E-state index contributed by atoms with van der Waals surface area (Å²) in [5, 5.41) is 2.60. The van der Waals surface area contributed by atoms with Crippen molar-refractivity contribution in [3.63, 3.8) is 0 Å². The average Bonchev–Trinajstić information content (AvgIpc) is 2.60. The molecular formula is C19H23FN2O4S. The zero-order chi connectivity index (χ0) is 19.9. The fourth-order valence-corrected chi connectivity index (χ4v) is 3.04. The zero-order valence-electron chi connectivity index (χ0n) is 15.3. The van der Waals surface area contributed by atoms with Gasteiger partial charge in [-0.25, -0.2) is 12.8 Å². The van der Waals surface area contributed by atoms with E-state index in [2.05, 4.69) is 5.32 Å². The smallest absolute Gasteiger partial charge is 0.235 e. The first-order chi connectivity index (χ1) is 12.8. The van der Waals surface area contributed by atoms with Gasteiger partial charge in [0.2, 0.25) is 15.9 Å². The van der Waals surface area contributed by atoms with Gasteiger partial charge in [-0.05, 0) is 25.1 Å². The Labute approximate surface area is 159 Å². The van der Waals surface area contributed by atoms with E-state index in [4.69, 9.17) is 4.74 Å². The highest BCUT2D eigenvalue weighted by Crippen LogP contribution is 2.12. The van der Waals surface area contributed by atoms with E-state index in [9.17, 15) is 17.6 Å². The summed E-state index contributed by atoms with van der Waals surface area (Å²) in [7, 11) is -3.68. The van der Waals surface area contributed by atoms with Crippen molar-refractivity contribution in [3.05, 3.63) is 65.5 Å². The molecule has 0 fully saturated rings. The van der Waals surface area contributed by atoms with E-state index >= 15 is 0 Å². The minimum Gasteiger partial charge on any atom is -0.492 e. The number of aryl methyl sites for hydroxylation is 1. The van der Waals surface area contributed by atoms with Gasteiger partial charge in [0.15, 0.2) is 0 Å². The molecule has 0 aliphatic carbocycles. The van der Waals surface area contributed by atoms with Gasteiger partial charge >= 0.3 is 0 Å². The minimum absolute atomic E-state index is 0.207. The molecule has 0 aliphatic rings. The van der Waals surface area contributed by atoms with Crippen molar-refractivity contribution in [2.75, 3.05) is 26.0 Å². The van der Waals surface area contributed by atoms with E-state index in [1.807, 2.05) is 31.2 Å². The van der Waals surface area contributed by atoms with Gasteiger partial charge in [-0.15, -0.1) is 0 Å². The summed E-state index contributed by atoms with van der Waals surface area (Å²) >= 11 is 0. The Bertz CT molecular complexity index is 870. The number of sulfonamides is 1. The summed E-state index contributed by atoms with van der Waals surface area (Å²) in [6, 6.07) is 13.4. The van der Waals surface area contributed by atoms with E-state index in [1.54, 1.807) is 6.07 Å². The maximum atomic E-state index is 13.8. The summed E-state index contributed by atoms with van der Waals surface area (Å²) in [6.07, 6.45) is 0.988. The van der Waals surface area contributed by atoms with Gasteiger partial charge in [0.25, 0.3) is 0 Å². The molecule has 6 nitrogen and oxygen atoms in total. The van der Waals surface area contributed by atoms with Crippen molar-refractivity contribution in [3.8, 4) is 5.75 Å². The molecule has 0 heterocycles. The van der Waals surface area contributed by atoms with Crippen molar-refractivity contribution < 1.29 is 22.3 Å². The highest BCUT2D eigenvalue weighted by molar-refractivity contribution is 7.88. The summed E-state index contributed by atoms with van der Waals surface area (Å²) < 4.78 is 44.1. The molecule has 0 saturated heterocycles. The molecule has 146 valence electrons. The highest BCUT2D eigenvalue weighted by atomic mass is 32.2. The Morgan fingerprint density at radius 1 is 1.15 bits per heavy atom. The van der Waals surface area contributed by atoms with Crippen LogP contribution in [0.1, 0.15) is 11.1 Å². The molecule has 2 aromatic rings. The lowest BCUT2D eigenvalue weighted by molar-refractivity contribution is -0.121. The summed E-state index contributed by atoms with van der Waals surface area (Å²) in [5.74, 6) is -0.311. The first-order valence-electron chi connectivity index (χ1n) is 8.40. The molecular weight excluding hydrogens is 371 g/mol. The number of hydrogen-bond acceptors (Lipinski definition) is 4. The number of carbonyl (C=O) groups excluding carboxylic acids is 1. The number of carbonyl (C=O) groups is 1. The normalized spacial score (nSPS) is 11.4. The van der Waals surface area contributed by atoms with Gasteiger partial charge in [-0.2, -0.15) is 4.31 Å². The fraction of sp³-hybridized carbons (Fsp3) is 0.316. The molecule has 0 aliphatic heterocycles. The average molecular weight is 394 g/mol. The Balaban J connectivity index is 1.85. The topological polar surface area (TPSA) is 75.7 Å². The third kappa shape index (κ3) is 6.99. The first kappa shape index (κ1) is 20.9. The second-order valence-corrected chi connectivity index (χ2v) is 8.12. The Morgan fingerprint density at radius 2 is 1.81 bits per heavy atom. The molecule has 2 rings (SSSR count). The molecule has 0 radical (unpaired) electrons. The summed E-state index contributed by atoms with van der Waals surface area (Å²) in [6.45, 7) is 1.85. The molecule has 0 spiro atoms. The molecule has 27 heavy (non-hydrogen) atoms. The van der Waals surface area contributed by atoms with Gasteiger partial charge in [0, 0.05) is 12.1 Å². The van der Waals surface area contributed by atoms with E-state index in [-0.39, 0.29) is 25.3 Å². The van der Waals surface area contributed by atoms with E-state index in [0.717, 1.165) is 16.1 Å². The molecule has 0 unspecified atom stereocenters. The van der Waals surface area contributed by atoms with Gasteiger partial charge in [0.05, 0.1) is 19.3 Å². The standard InChI is InChI=1S/C19H23FN2O4S/c1-15-7-9-17(10-8-15)26-12-11-21-19(23)14-22(27(2,24)25)13-16-5-3-4-6-18(16)20/h3-10H,11-14H2,1-2H3,(H,21,23). The first-order valence-corrected chi connectivity index (χ1v) is 10.3. The molecule has 0 aromatic heterocycles. The maximum absolute atomic E-state index is 13.8. The predicted molar refractivity (Wildman–Crippen MR) is 101 cm³/mol. The zero-order valence-corrected chi connectivity index (χ0v) is 16.1. The highest BCUT2D eigenvalue weighted by Gasteiger charge is 2.21. The van der Waals surface area contributed by atoms with Crippen LogP contribution in [0, 0.1) is 12.7 Å². The lowest BCUT2D eigenvalue weighted by atomic mass is 10.2. The van der Waals surface area contributed by atoms with Crippen LogP contribution in [0.4, 0.5) is 4.39 Å². The van der Waals surface area contributed by atoms with Crippen LogP contribution in [0.2, 0.25) is 0 Å². The van der Waals surface area contributed by atoms with Crippen molar-refractivity contribution in [1.82, 2.24) is 9.62 Å². The second-order valence-electron chi connectivity index (χ2n) is 6.13. The van der Waals surface area contributed by atoms with E-state index < -0.39 is 28.3 Å². The Morgan fingerprint density at radius 3 is 2.44 bits per heavy atom. The number of amides is 1. The van der Waals surface area contributed by atoms with Crippen molar-refractivity contribution in [2.45, 2.75) is 13.5 Å². The van der Waals surface area contributed by atoms with E-state index in [0.29, 0.717) is 5.75 Å². The molecule has 2 aromatic carbocycles. The fourth-order valence-electron chi connectivity index (χ4n) is 2.32. The van der Waals surface area contributed by atoms with Crippen LogP contribution in [0.3, 0.4) is 0 Å². The quantitative estimate of drug-likeness (QED) is 0.661. The molecule has 1 N–H and O–H groups in total. The van der Waals surface area contributed by atoms with Crippen LogP contribution < -0.4 is 10.1 Å². The monoisotopic (exact) mass is 394 g/mol. The van der Waals surface area contributed by atoms with Crippen LogP contribution >= 0.6 is 0 Å². The number of ether oxygens (including phenoxy) is 1. The van der Waals surface area contributed by atoms with E-state index in [1.165, 1.54) is 18.2 Å². The predicted octanol–water partition coefficient (Wildman–Crippen LogP) is 2.09. The van der Waals surface area contributed by atoms with Gasteiger partial charge < -0.3 is 10.1 Å². The van der Waals surface area contributed by atoms with Crippen LogP contribution in [-0.4, -0.2) is 44.6 Å². The number of nitrogens with zero attached hydrogens (tertiary/aromatic N) is 1. The summed E-state index contributed by atoms with van der Waals surface area (Å²) in [4.78, 5) is 12.1. The van der Waals surface area contributed by atoms with Crippen LogP contribution in [-0.2, 0) is 21.4 Å². The minimum atomic E-state index is -3.68. The Kier molecular flexibility index (Phi) is 7.32. The van der Waals surface area contributed by atoms with Crippen molar-refractivity contribution in [1.29, 1.82) is 0 Å². The second kappa shape index (κ2) is 9.48. The maximum Gasteiger partial charge on any atom is 0.235 e. The van der Waals surface area contributed by atoms with Crippen LogP contribution in [0.5, 0.6) is 5.75 Å². The lowest BCUT2D eigenvalue weighted by Crippen LogP contribution is -2.41. The van der Waals surface area contributed by atoms with Crippen LogP contribution in [0.25, 0.3) is 0 Å². The number of nitrogens with one attached hydrogen (secondary N) is 1. The molecule has 0 atom stereocenters. The van der Waals surface area contributed by atoms with Crippen molar-refractivity contribution >= 4 is 15.9 Å². The number of halogens is 1. The third-order valence-corrected chi connectivity index (χ3v) is 5.00. The van der Waals surface area contributed by atoms with Gasteiger partial charge in [-0.1, -0.05) is 35.9 Å². The number of hydrogen-bond donors (Lipinski definition) is 1. The van der Waals surface area contributed by atoms with Crippen LogP contribution in [0.15, 0.2) is 48.5 Å². The largest absolute Gasteiger partial charge is 0.492 e. The number of benzene rings is 2. The van der Waals surface area contributed by atoms with Gasteiger partial charge in [0.1, 0.15) is 18.2 Å². The number of rotatable bonds is 9. The molecule has 0 saturated carbocycles. The third-order valence-electron chi connectivity index (χ3n) is 3.81. The SMILES string of the molecule is Cc1ccc(OCCNC(=O)CN(Cc2ccccc2F)S(C)(=O)=O)cc1. The Hall–Kier alpha value is -2.45. The summed E-state index contributed by atoms with van der Waals surface area (Å²) in [5.41, 5.74) is 1.32. The molecule has 0 bridgehead atoms.